The Balaban J connectivity index is 2.19. The summed E-state index contributed by atoms with van der Waals surface area (Å²) in [5, 5.41) is 29.0. The average Bonchev–Trinajstić information content (AvgIpc) is 3.09. The molecule has 0 spiro atoms. The van der Waals surface area contributed by atoms with E-state index in [1.807, 2.05) is 13.8 Å². The topological polar surface area (TPSA) is 112 Å². The molecule has 0 aromatic carbocycles. The van der Waals surface area contributed by atoms with Crippen molar-refractivity contribution in [2.45, 2.75) is 79.0 Å². The van der Waals surface area contributed by atoms with Gasteiger partial charge in [-0.3, -0.25) is 4.90 Å². The number of rotatable bonds is 7. The number of hydrogen-bond acceptors (Lipinski definition) is 6. The number of nitrogens with one attached hydrogen (secondary N) is 1. The number of fused-ring (bicyclic) bond motifs is 1. The zero-order chi connectivity index (χ0) is 25.4. The molecule has 1 aliphatic rings. The minimum absolute atomic E-state index is 0.106. The fourth-order valence-corrected chi connectivity index (χ4v) is 5.53. The molecule has 3 N–H and O–H groups in total. The van der Waals surface area contributed by atoms with Gasteiger partial charge in [0.15, 0.2) is 5.65 Å². The molecule has 190 valence electrons. The first-order chi connectivity index (χ1) is 15.7. The first-order valence-corrected chi connectivity index (χ1v) is 12.6. The van der Waals surface area contributed by atoms with Gasteiger partial charge in [0.25, 0.3) is 0 Å². The summed E-state index contributed by atoms with van der Waals surface area (Å²) in [5.41, 5.74) is -0.840. The minimum atomic E-state index is -1.04. The first-order valence-electron chi connectivity index (χ1n) is 11.8. The number of anilines is 2. The molecule has 1 amide bonds. The van der Waals surface area contributed by atoms with Crippen molar-refractivity contribution in [2.24, 2.45) is 17.3 Å². The summed E-state index contributed by atoms with van der Waals surface area (Å²) < 4.78 is 7.79. The van der Waals surface area contributed by atoms with Gasteiger partial charge in [-0.2, -0.15) is 9.61 Å². The molecule has 0 aliphatic carbocycles. The standard InChI is InChI=1S/C24H38BrN5O4/c1-14(2)19(24(6,7)33)27-17-12-18(30-21(28-17)16(25)13-26-30)29(22(31)32)20(23(3,4)5)15-8-10-34-11-9-15/h12-15,19-20,33H,8-11H2,1-7H3,(H,27,28)(H,31,32)/t19?,20-/m0/s1. The first kappa shape index (κ1) is 26.7. The molecule has 3 heterocycles. The third kappa shape index (κ3) is 5.66. The fourth-order valence-electron chi connectivity index (χ4n) is 5.18. The quantitative estimate of drug-likeness (QED) is 0.452. The highest BCUT2D eigenvalue weighted by molar-refractivity contribution is 9.10. The lowest BCUT2D eigenvalue weighted by atomic mass is 9.75. The van der Waals surface area contributed by atoms with E-state index in [9.17, 15) is 15.0 Å². The molecule has 1 saturated heterocycles. The van der Waals surface area contributed by atoms with Crippen LogP contribution in [0.15, 0.2) is 16.7 Å². The normalized spacial score (nSPS) is 17.7. The Kier molecular flexibility index (Phi) is 7.84. The summed E-state index contributed by atoms with van der Waals surface area (Å²) >= 11 is 3.50. The number of halogens is 1. The molecule has 9 nitrogen and oxygen atoms in total. The Labute approximate surface area is 210 Å². The third-order valence-electron chi connectivity index (χ3n) is 6.47. The summed E-state index contributed by atoms with van der Waals surface area (Å²) in [7, 11) is 0. The van der Waals surface area contributed by atoms with Gasteiger partial charge in [0.2, 0.25) is 0 Å². The van der Waals surface area contributed by atoms with Gasteiger partial charge >= 0.3 is 6.09 Å². The number of hydrogen-bond donors (Lipinski definition) is 3. The number of carbonyl (C=O) groups is 1. The van der Waals surface area contributed by atoms with Gasteiger partial charge in [0, 0.05) is 25.3 Å². The fraction of sp³-hybridized carbons (Fsp3) is 0.708. The van der Waals surface area contributed by atoms with Crippen LogP contribution in [0.3, 0.4) is 0 Å². The van der Waals surface area contributed by atoms with E-state index in [1.165, 1.54) is 4.90 Å². The third-order valence-corrected chi connectivity index (χ3v) is 7.03. The second-order valence-electron chi connectivity index (χ2n) is 11.2. The van der Waals surface area contributed by atoms with Gasteiger partial charge in [-0.1, -0.05) is 34.6 Å². The van der Waals surface area contributed by atoms with Crippen LogP contribution in [0, 0.1) is 17.3 Å². The molecule has 3 rings (SSSR count). The molecule has 2 atom stereocenters. The van der Waals surface area contributed by atoms with Crippen LogP contribution in [0.5, 0.6) is 0 Å². The largest absolute Gasteiger partial charge is 0.465 e. The van der Waals surface area contributed by atoms with Gasteiger partial charge in [0.1, 0.15) is 11.6 Å². The Morgan fingerprint density at radius 1 is 1.26 bits per heavy atom. The summed E-state index contributed by atoms with van der Waals surface area (Å²) in [4.78, 5) is 19.0. The maximum absolute atomic E-state index is 12.8. The maximum Gasteiger partial charge on any atom is 0.413 e. The van der Waals surface area contributed by atoms with Crippen LogP contribution in [-0.2, 0) is 4.74 Å². The van der Waals surface area contributed by atoms with E-state index in [0.29, 0.717) is 35.0 Å². The van der Waals surface area contributed by atoms with Crippen molar-refractivity contribution < 1.29 is 19.7 Å². The summed E-state index contributed by atoms with van der Waals surface area (Å²) in [6.07, 6.45) is 2.16. The van der Waals surface area contributed by atoms with Crippen LogP contribution in [-0.4, -0.2) is 61.8 Å². The molecule has 10 heteroatoms. The zero-order valence-electron chi connectivity index (χ0n) is 21.2. The Morgan fingerprint density at radius 3 is 2.38 bits per heavy atom. The van der Waals surface area contributed by atoms with E-state index in [4.69, 9.17) is 9.72 Å². The van der Waals surface area contributed by atoms with E-state index in [-0.39, 0.29) is 29.3 Å². The number of carboxylic acid groups (broad SMARTS) is 1. The van der Waals surface area contributed by atoms with Crippen LogP contribution in [0.2, 0.25) is 0 Å². The van der Waals surface area contributed by atoms with Crippen LogP contribution < -0.4 is 10.2 Å². The average molecular weight is 541 g/mol. The molecule has 0 radical (unpaired) electrons. The number of amides is 1. The Bertz CT molecular complexity index is 1010. The lowest BCUT2D eigenvalue weighted by Gasteiger charge is -2.44. The van der Waals surface area contributed by atoms with E-state index in [1.54, 1.807) is 30.6 Å². The predicted octanol–water partition coefficient (Wildman–Crippen LogP) is 5.02. The summed E-state index contributed by atoms with van der Waals surface area (Å²) in [6, 6.07) is 1.12. The minimum Gasteiger partial charge on any atom is -0.465 e. The van der Waals surface area contributed by atoms with Gasteiger partial charge in [-0.25, -0.2) is 9.78 Å². The molecular formula is C24H38BrN5O4. The molecule has 2 aromatic heterocycles. The second kappa shape index (κ2) is 9.99. The van der Waals surface area contributed by atoms with Crippen LogP contribution in [0.25, 0.3) is 5.65 Å². The van der Waals surface area contributed by atoms with Crippen molar-refractivity contribution in [3.63, 3.8) is 0 Å². The number of nitrogens with zero attached hydrogens (tertiary/aromatic N) is 4. The van der Waals surface area contributed by atoms with Crippen molar-refractivity contribution in [2.75, 3.05) is 23.4 Å². The van der Waals surface area contributed by atoms with Gasteiger partial charge in [-0.15, -0.1) is 0 Å². The molecule has 34 heavy (non-hydrogen) atoms. The lowest BCUT2D eigenvalue weighted by Crippen LogP contribution is -2.53. The van der Waals surface area contributed by atoms with Crippen molar-refractivity contribution in [1.29, 1.82) is 0 Å². The van der Waals surface area contributed by atoms with Crippen LogP contribution in [0.4, 0.5) is 16.4 Å². The number of ether oxygens (including phenoxy) is 1. The summed E-state index contributed by atoms with van der Waals surface area (Å²) in [6.45, 7) is 15.0. The lowest BCUT2D eigenvalue weighted by molar-refractivity contribution is 0.0412. The molecule has 1 fully saturated rings. The molecule has 0 bridgehead atoms. The smallest absolute Gasteiger partial charge is 0.413 e. The van der Waals surface area contributed by atoms with Crippen LogP contribution >= 0.6 is 15.9 Å². The molecule has 1 unspecified atom stereocenters. The molecule has 1 aliphatic heterocycles. The highest BCUT2D eigenvalue weighted by Gasteiger charge is 2.42. The van der Waals surface area contributed by atoms with Gasteiger partial charge in [-0.05, 0) is 59.9 Å². The van der Waals surface area contributed by atoms with Gasteiger partial charge in [0.05, 0.1) is 22.3 Å². The van der Waals surface area contributed by atoms with Gasteiger partial charge < -0.3 is 20.3 Å². The van der Waals surface area contributed by atoms with E-state index >= 15 is 0 Å². The van der Waals surface area contributed by atoms with E-state index < -0.39 is 11.7 Å². The highest BCUT2D eigenvalue weighted by Crippen LogP contribution is 2.39. The van der Waals surface area contributed by atoms with E-state index in [2.05, 4.69) is 47.1 Å². The zero-order valence-corrected chi connectivity index (χ0v) is 22.8. The van der Waals surface area contributed by atoms with Crippen LogP contribution in [0.1, 0.15) is 61.3 Å². The number of aliphatic hydroxyl groups is 1. The Morgan fingerprint density at radius 2 is 1.88 bits per heavy atom. The molecule has 2 aromatic rings. The maximum atomic E-state index is 12.8. The van der Waals surface area contributed by atoms with E-state index in [0.717, 1.165) is 12.8 Å². The molecule has 0 saturated carbocycles. The molecular weight excluding hydrogens is 502 g/mol. The van der Waals surface area contributed by atoms with Crippen molar-refractivity contribution in [3.8, 4) is 0 Å². The van der Waals surface area contributed by atoms with Crippen molar-refractivity contribution in [1.82, 2.24) is 14.6 Å². The predicted molar refractivity (Wildman–Crippen MR) is 137 cm³/mol. The summed E-state index contributed by atoms with van der Waals surface area (Å²) in [5.74, 6) is 1.14. The Hall–Kier alpha value is -1.91. The number of aromatic nitrogens is 3. The SMILES string of the molecule is CC(C)C(Nc1cc(N(C(=O)O)[C@@H](C2CCOCC2)C(C)(C)C)n2ncc(Br)c2n1)C(C)(C)O. The van der Waals surface area contributed by atoms with Crippen molar-refractivity contribution in [3.05, 3.63) is 16.7 Å². The second-order valence-corrected chi connectivity index (χ2v) is 12.0. The monoisotopic (exact) mass is 539 g/mol. The van der Waals surface area contributed by atoms with Crippen molar-refractivity contribution >= 4 is 39.3 Å². The highest BCUT2D eigenvalue weighted by atomic mass is 79.9.